The van der Waals surface area contributed by atoms with Gasteiger partial charge >= 0.3 is 0 Å². The van der Waals surface area contributed by atoms with Crippen molar-refractivity contribution in [1.29, 1.82) is 0 Å². The molecule has 2 amide bonds. The van der Waals surface area contributed by atoms with Crippen LogP contribution in [0.2, 0.25) is 0 Å². The highest BCUT2D eigenvalue weighted by atomic mass is 16.5. The summed E-state index contributed by atoms with van der Waals surface area (Å²) in [5.41, 5.74) is 1.000. The summed E-state index contributed by atoms with van der Waals surface area (Å²) >= 11 is 0. The van der Waals surface area contributed by atoms with Crippen LogP contribution in [-0.4, -0.2) is 42.5 Å². The van der Waals surface area contributed by atoms with Crippen LogP contribution in [0.5, 0.6) is 11.5 Å². The maximum Gasteiger partial charge on any atom is 0.261 e. The van der Waals surface area contributed by atoms with Crippen LogP contribution in [-0.2, 0) is 16.1 Å². The van der Waals surface area contributed by atoms with Gasteiger partial charge in [-0.05, 0) is 24.6 Å². The molecule has 6 heteroatoms. The second kappa shape index (κ2) is 9.78. The van der Waals surface area contributed by atoms with Gasteiger partial charge in [0.25, 0.3) is 5.91 Å². The van der Waals surface area contributed by atoms with Gasteiger partial charge in [-0.2, -0.15) is 0 Å². The van der Waals surface area contributed by atoms with Crippen molar-refractivity contribution in [2.75, 3.05) is 19.7 Å². The first-order chi connectivity index (χ1) is 13.7. The van der Waals surface area contributed by atoms with Crippen LogP contribution in [0, 0.1) is 0 Å². The van der Waals surface area contributed by atoms with E-state index in [0.717, 1.165) is 11.3 Å². The van der Waals surface area contributed by atoms with Gasteiger partial charge in [0.2, 0.25) is 5.91 Å². The Labute approximate surface area is 165 Å². The highest BCUT2D eigenvalue weighted by Gasteiger charge is 2.21. The van der Waals surface area contributed by atoms with Crippen LogP contribution in [0.1, 0.15) is 25.3 Å². The molecule has 0 radical (unpaired) electrons. The van der Waals surface area contributed by atoms with Crippen molar-refractivity contribution in [3.63, 3.8) is 0 Å². The van der Waals surface area contributed by atoms with Crippen molar-refractivity contribution in [2.24, 2.45) is 0 Å². The molecule has 1 atom stereocenters. The third-order valence-electron chi connectivity index (χ3n) is 4.63. The number of ether oxygens (including phenoxy) is 2. The molecule has 1 heterocycles. The smallest absolute Gasteiger partial charge is 0.261 e. The summed E-state index contributed by atoms with van der Waals surface area (Å²) < 4.78 is 11.4. The van der Waals surface area contributed by atoms with Gasteiger partial charge in [0.1, 0.15) is 18.1 Å². The van der Waals surface area contributed by atoms with Crippen LogP contribution in [0.3, 0.4) is 0 Å². The lowest BCUT2D eigenvalue weighted by Crippen LogP contribution is -2.40. The molecule has 6 nitrogen and oxygen atoms in total. The standard InChI is InChI=1S/C22H26N2O4/c1-2-19(28-18-9-4-3-5-10-18)22(26)23-13-12-21(25)24-14-15-27-20-11-7-6-8-17(20)16-24/h3-11,19H,2,12-16H2,1H3,(H,23,26). The van der Waals surface area contributed by atoms with E-state index >= 15 is 0 Å². The number of rotatable bonds is 7. The molecule has 0 fully saturated rings. The SMILES string of the molecule is CCC(Oc1ccccc1)C(=O)NCCC(=O)N1CCOc2ccccc2C1. The Kier molecular flexibility index (Phi) is 6.89. The monoisotopic (exact) mass is 382 g/mol. The molecule has 28 heavy (non-hydrogen) atoms. The summed E-state index contributed by atoms with van der Waals surface area (Å²) in [5, 5.41) is 2.82. The topological polar surface area (TPSA) is 67.9 Å². The Balaban J connectivity index is 1.47. The second-order valence-corrected chi connectivity index (χ2v) is 6.64. The first-order valence-electron chi connectivity index (χ1n) is 9.65. The molecule has 2 aromatic carbocycles. The Morgan fingerprint density at radius 2 is 1.89 bits per heavy atom. The number of nitrogens with one attached hydrogen (secondary N) is 1. The van der Waals surface area contributed by atoms with Crippen molar-refractivity contribution >= 4 is 11.8 Å². The Hall–Kier alpha value is -3.02. The van der Waals surface area contributed by atoms with Crippen molar-refractivity contribution in [3.8, 4) is 11.5 Å². The van der Waals surface area contributed by atoms with E-state index in [0.29, 0.717) is 31.9 Å². The first kappa shape index (κ1) is 19.7. The van der Waals surface area contributed by atoms with E-state index in [1.54, 1.807) is 4.90 Å². The number of carbonyl (C=O) groups excluding carboxylic acids is 2. The molecule has 0 spiro atoms. The summed E-state index contributed by atoms with van der Waals surface area (Å²) in [4.78, 5) is 26.7. The average Bonchev–Trinajstić information content (AvgIpc) is 2.95. The lowest BCUT2D eigenvalue weighted by atomic mass is 10.2. The maximum atomic E-state index is 12.6. The molecule has 1 aliphatic rings. The number of amides is 2. The third kappa shape index (κ3) is 5.25. The van der Waals surface area contributed by atoms with Crippen LogP contribution >= 0.6 is 0 Å². The van der Waals surface area contributed by atoms with Crippen molar-refractivity contribution in [2.45, 2.75) is 32.4 Å². The van der Waals surface area contributed by atoms with Gasteiger partial charge in [0.15, 0.2) is 6.10 Å². The molecular formula is C22H26N2O4. The van der Waals surface area contributed by atoms with E-state index in [-0.39, 0.29) is 24.8 Å². The first-order valence-corrected chi connectivity index (χ1v) is 9.65. The molecule has 0 saturated carbocycles. The van der Waals surface area contributed by atoms with Gasteiger partial charge in [-0.15, -0.1) is 0 Å². The second-order valence-electron chi connectivity index (χ2n) is 6.64. The number of hydrogen-bond acceptors (Lipinski definition) is 4. The minimum absolute atomic E-state index is 0.00220. The Bertz CT molecular complexity index is 794. The Morgan fingerprint density at radius 3 is 2.68 bits per heavy atom. The van der Waals surface area contributed by atoms with Crippen LogP contribution in [0.25, 0.3) is 0 Å². The molecule has 1 unspecified atom stereocenters. The quantitative estimate of drug-likeness (QED) is 0.800. The molecule has 1 N–H and O–H groups in total. The molecule has 0 saturated heterocycles. The minimum Gasteiger partial charge on any atom is -0.491 e. The molecule has 0 aromatic heterocycles. The van der Waals surface area contributed by atoms with E-state index < -0.39 is 6.10 Å². The summed E-state index contributed by atoms with van der Waals surface area (Å²) in [6.45, 7) is 3.71. The van der Waals surface area contributed by atoms with Crippen molar-refractivity contribution in [1.82, 2.24) is 10.2 Å². The predicted molar refractivity (Wildman–Crippen MR) is 106 cm³/mol. The zero-order chi connectivity index (χ0) is 19.8. The minimum atomic E-state index is -0.573. The average molecular weight is 382 g/mol. The highest BCUT2D eigenvalue weighted by molar-refractivity contribution is 5.82. The normalized spacial score (nSPS) is 14.2. The summed E-state index contributed by atoms with van der Waals surface area (Å²) in [7, 11) is 0. The maximum absolute atomic E-state index is 12.6. The van der Waals surface area contributed by atoms with Crippen LogP contribution in [0.15, 0.2) is 54.6 Å². The number of nitrogens with zero attached hydrogens (tertiary/aromatic N) is 1. The highest BCUT2D eigenvalue weighted by Crippen LogP contribution is 2.22. The van der Waals surface area contributed by atoms with Gasteiger partial charge in [0, 0.05) is 25.1 Å². The summed E-state index contributed by atoms with van der Waals surface area (Å²) in [6, 6.07) is 17.0. The van der Waals surface area contributed by atoms with E-state index in [9.17, 15) is 9.59 Å². The fourth-order valence-electron chi connectivity index (χ4n) is 3.09. The zero-order valence-corrected chi connectivity index (χ0v) is 16.1. The van der Waals surface area contributed by atoms with Crippen molar-refractivity contribution in [3.05, 3.63) is 60.2 Å². The fraction of sp³-hybridized carbons (Fsp3) is 0.364. The number of hydrogen-bond donors (Lipinski definition) is 1. The largest absolute Gasteiger partial charge is 0.491 e. The molecule has 0 aliphatic carbocycles. The Morgan fingerprint density at radius 1 is 1.14 bits per heavy atom. The lowest BCUT2D eigenvalue weighted by molar-refractivity contribution is -0.132. The fourth-order valence-corrected chi connectivity index (χ4v) is 3.09. The van der Waals surface area contributed by atoms with Gasteiger partial charge < -0.3 is 19.7 Å². The lowest BCUT2D eigenvalue weighted by Gasteiger charge is -2.21. The van der Waals surface area contributed by atoms with Gasteiger partial charge in [-0.1, -0.05) is 43.3 Å². The molecule has 0 bridgehead atoms. The molecule has 2 aromatic rings. The zero-order valence-electron chi connectivity index (χ0n) is 16.1. The number of benzene rings is 2. The van der Waals surface area contributed by atoms with Gasteiger partial charge in [0.05, 0.1) is 6.54 Å². The van der Waals surface area contributed by atoms with Gasteiger partial charge in [-0.3, -0.25) is 9.59 Å². The van der Waals surface area contributed by atoms with Crippen molar-refractivity contribution < 1.29 is 19.1 Å². The third-order valence-corrected chi connectivity index (χ3v) is 4.63. The molecule has 3 rings (SSSR count). The summed E-state index contributed by atoms with van der Waals surface area (Å²) in [5.74, 6) is 1.28. The van der Waals surface area contributed by atoms with E-state index in [1.165, 1.54) is 0 Å². The van der Waals surface area contributed by atoms with E-state index in [4.69, 9.17) is 9.47 Å². The molecule has 1 aliphatic heterocycles. The van der Waals surface area contributed by atoms with Gasteiger partial charge in [-0.25, -0.2) is 0 Å². The molecule has 148 valence electrons. The van der Waals surface area contributed by atoms with E-state index in [2.05, 4.69) is 5.32 Å². The molecular weight excluding hydrogens is 356 g/mol. The van der Waals surface area contributed by atoms with Crippen LogP contribution < -0.4 is 14.8 Å². The van der Waals surface area contributed by atoms with Crippen LogP contribution in [0.4, 0.5) is 0 Å². The number of para-hydroxylation sites is 2. The number of carbonyl (C=O) groups is 2. The van der Waals surface area contributed by atoms with E-state index in [1.807, 2.05) is 61.5 Å². The number of fused-ring (bicyclic) bond motifs is 1. The predicted octanol–water partition coefficient (Wildman–Crippen LogP) is 2.77. The summed E-state index contributed by atoms with van der Waals surface area (Å²) in [6.07, 6.45) is 0.223.